The highest BCUT2D eigenvalue weighted by atomic mass is 16.1. The van der Waals surface area contributed by atoms with Crippen molar-refractivity contribution in [1.29, 1.82) is 0 Å². The van der Waals surface area contributed by atoms with E-state index in [0.717, 1.165) is 38.3 Å². The lowest BCUT2D eigenvalue weighted by Gasteiger charge is -2.21. The van der Waals surface area contributed by atoms with E-state index in [9.17, 15) is 4.79 Å². The minimum Gasteiger partial charge on any atom is -0.352 e. The Kier molecular flexibility index (Phi) is 5.17. The molecule has 0 spiro atoms. The molecule has 0 bridgehead atoms. The Labute approximate surface area is 128 Å². The quantitative estimate of drug-likeness (QED) is 0.814. The molecular weight excluding hydrogens is 262 g/mol. The van der Waals surface area contributed by atoms with Gasteiger partial charge in [-0.2, -0.15) is 0 Å². The van der Waals surface area contributed by atoms with Gasteiger partial charge in [0.25, 0.3) is 0 Å². The maximum atomic E-state index is 12.2. The molecule has 4 nitrogen and oxygen atoms in total. The number of carbonyl (C=O) groups is 1. The molecule has 120 valence electrons. The maximum Gasteiger partial charge on any atom is 0.220 e. The number of rotatable bonds is 5. The van der Waals surface area contributed by atoms with E-state index in [1.165, 1.54) is 38.6 Å². The Bertz CT molecular complexity index is 354. The molecule has 21 heavy (non-hydrogen) atoms. The molecule has 2 aliphatic carbocycles. The first-order valence-corrected chi connectivity index (χ1v) is 8.98. The van der Waals surface area contributed by atoms with E-state index < -0.39 is 0 Å². The molecule has 1 heterocycles. The van der Waals surface area contributed by atoms with E-state index in [2.05, 4.69) is 10.2 Å². The van der Waals surface area contributed by atoms with Crippen LogP contribution in [0.15, 0.2) is 0 Å². The predicted octanol–water partition coefficient (Wildman–Crippen LogP) is 1.88. The smallest absolute Gasteiger partial charge is 0.220 e. The van der Waals surface area contributed by atoms with E-state index in [1.54, 1.807) is 0 Å². The monoisotopic (exact) mass is 293 g/mol. The highest BCUT2D eigenvalue weighted by molar-refractivity contribution is 5.76. The lowest BCUT2D eigenvalue weighted by atomic mass is 9.99. The van der Waals surface area contributed by atoms with Crippen molar-refractivity contribution in [2.75, 3.05) is 19.6 Å². The SMILES string of the molecule is N[C@@H]1CCC[C@H]1CC(=O)NC1CCN(CC2CCCC2)C1. The average Bonchev–Trinajstić information content (AvgIpc) is 3.16. The van der Waals surface area contributed by atoms with Crippen LogP contribution in [0.3, 0.4) is 0 Å². The Balaban J connectivity index is 1.36. The summed E-state index contributed by atoms with van der Waals surface area (Å²) in [4.78, 5) is 14.7. The molecule has 0 radical (unpaired) electrons. The fourth-order valence-electron chi connectivity index (χ4n) is 4.52. The van der Waals surface area contributed by atoms with Crippen LogP contribution in [0, 0.1) is 11.8 Å². The van der Waals surface area contributed by atoms with Gasteiger partial charge in [-0.15, -0.1) is 0 Å². The minimum absolute atomic E-state index is 0.227. The topological polar surface area (TPSA) is 58.4 Å². The second-order valence-corrected chi connectivity index (χ2v) is 7.52. The van der Waals surface area contributed by atoms with Crippen molar-refractivity contribution < 1.29 is 4.79 Å². The van der Waals surface area contributed by atoms with Crippen LogP contribution in [0.4, 0.5) is 0 Å². The molecule has 3 fully saturated rings. The number of hydrogen-bond acceptors (Lipinski definition) is 3. The first-order valence-electron chi connectivity index (χ1n) is 8.98. The fraction of sp³-hybridized carbons (Fsp3) is 0.941. The van der Waals surface area contributed by atoms with Crippen molar-refractivity contribution in [2.24, 2.45) is 17.6 Å². The Morgan fingerprint density at radius 2 is 1.90 bits per heavy atom. The molecule has 3 atom stereocenters. The maximum absolute atomic E-state index is 12.2. The van der Waals surface area contributed by atoms with Gasteiger partial charge in [-0.1, -0.05) is 19.3 Å². The average molecular weight is 293 g/mol. The first kappa shape index (κ1) is 15.3. The van der Waals surface area contributed by atoms with Gasteiger partial charge in [0, 0.05) is 38.1 Å². The van der Waals surface area contributed by atoms with E-state index in [-0.39, 0.29) is 11.9 Å². The van der Waals surface area contributed by atoms with Crippen molar-refractivity contribution in [3.8, 4) is 0 Å². The van der Waals surface area contributed by atoms with Gasteiger partial charge >= 0.3 is 0 Å². The zero-order valence-electron chi connectivity index (χ0n) is 13.2. The van der Waals surface area contributed by atoms with E-state index >= 15 is 0 Å². The molecule has 0 aromatic heterocycles. The number of carbonyl (C=O) groups excluding carboxylic acids is 1. The number of nitrogens with one attached hydrogen (secondary N) is 1. The van der Waals surface area contributed by atoms with Gasteiger partial charge in [0.05, 0.1) is 0 Å². The van der Waals surface area contributed by atoms with Crippen LogP contribution >= 0.6 is 0 Å². The summed E-state index contributed by atoms with van der Waals surface area (Å²) >= 11 is 0. The van der Waals surface area contributed by atoms with Crippen LogP contribution in [-0.4, -0.2) is 42.5 Å². The van der Waals surface area contributed by atoms with Gasteiger partial charge in [-0.3, -0.25) is 4.79 Å². The van der Waals surface area contributed by atoms with Crippen molar-refractivity contribution in [3.05, 3.63) is 0 Å². The zero-order valence-corrected chi connectivity index (χ0v) is 13.2. The molecule has 0 aromatic rings. The molecule has 3 N–H and O–H groups in total. The first-order chi connectivity index (χ1) is 10.2. The number of nitrogens with two attached hydrogens (primary N) is 1. The minimum atomic E-state index is 0.227. The molecule has 2 saturated carbocycles. The second-order valence-electron chi connectivity index (χ2n) is 7.52. The normalized spacial score (nSPS) is 34.6. The van der Waals surface area contributed by atoms with Crippen LogP contribution in [0.25, 0.3) is 0 Å². The molecule has 3 aliphatic rings. The summed E-state index contributed by atoms with van der Waals surface area (Å²) < 4.78 is 0. The molecule has 1 saturated heterocycles. The Morgan fingerprint density at radius 1 is 1.10 bits per heavy atom. The van der Waals surface area contributed by atoms with E-state index in [0.29, 0.717) is 18.4 Å². The van der Waals surface area contributed by atoms with Gasteiger partial charge in [0.1, 0.15) is 0 Å². The number of nitrogens with zero attached hydrogens (tertiary/aromatic N) is 1. The molecule has 1 aliphatic heterocycles. The van der Waals surface area contributed by atoms with Crippen molar-refractivity contribution in [3.63, 3.8) is 0 Å². The second kappa shape index (κ2) is 7.10. The van der Waals surface area contributed by atoms with Crippen LogP contribution in [0.2, 0.25) is 0 Å². The summed E-state index contributed by atoms with van der Waals surface area (Å²) in [5, 5.41) is 3.25. The standard InChI is InChI=1S/C17H31N3O/c18-16-7-3-6-14(16)10-17(21)19-15-8-9-20(12-15)11-13-4-1-2-5-13/h13-16H,1-12,18H2,(H,19,21)/t14-,15?,16+/m0/s1. The lowest BCUT2D eigenvalue weighted by Crippen LogP contribution is -2.39. The summed E-state index contributed by atoms with van der Waals surface area (Å²) in [6.07, 6.45) is 10.8. The number of amides is 1. The summed E-state index contributed by atoms with van der Waals surface area (Å²) in [7, 11) is 0. The molecule has 1 unspecified atom stereocenters. The van der Waals surface area contributed by atoms with Crippen molar-refractivity contribution in [1.82, 2.24) is 10.2 Å². The zero-order chi connectivity index (χ0) is 14.7. The van der Waals surface area contributed by atoms with Gasteiger partial charge in [-0.25, -0.2) is 0 Å². The predicted molar refractivity (Wildman–Crippen MR) is 84.9 cm³/mol. The summed E-state index contributed by atoms with van der Waals surface area (Å²) in [5.41, 5.74) is 6.06. The number of likely N-dealkylation sites (tertiary alicyclic amines) is 1. The van der Waals surface area contributed by atoms with Gasteiger partial charge in [-0.05, 0) is 43.9 Å². The fourth-order valence-corrected chi connectivity index (χ4v) is 4.52. The molecule has 1 amide bonds. The Morgan fingerprint density at radius 3 is 2.62 bits per heavy atom. The largest absolute Gasteiger partial charge is 0.352 e. The molecule has 0 aromatic carbocycles. The highest BCUT2D eigenvalue weighted by Crippen LogP contribution is 2.28. The van der Waals surface area contributed by atoms with Crippen LogP contribution < -0.4 is 11.1 Å². The van der Waals surface area contributed by atoms with E-state index in [4.69, 9.17) is 5.73 Å². The Hall–Kier alpha value is -0.610. The summed E-state index contributed by atoms with van der Waals surface area (Å²) in [6, 6.07) is 0.620. The van der Waals surface area contributed by atoms with Crippen LogP contribution in [0.1, 0.15) is 57.8 Å². The third kappa shape index (κ3) is 4.19. The summed E-state index contributed by atoms with van der Waals surface area (Å²) in [6.45, 7) is 3.46. The van der Waals surface area contributed by atoms with Crippen LogP contribution in [0.5, 0.6) is 0 Å². The molecule has 4 heteroatoms. The van der Waals surface area contributed by atoms with Crippen molar-refractivity contribution >= 4 is 5.91 Å². The lowest BCUT2D eigenvalue weighted by molar-refractivity contribution is -0.122. The van der Waals surface area contributed by atoms with Crippen LogP contribution in [-0.2, 0) is 4.79 Å². The highest BCUT2D eigenvalue weighted by Gasteiger charge is 2.29. The number of hydrogen-bond donors (Lipinski definition) is 2. The third-order valence-corrected chi connectivity index (χ3v) is 5.79. The van der Waals surface area contributed by atoms with Gasteiger partial charge in [0.2, 0.25) is 5.91 Å². The molecular formula is C17H31N3O. The van der Waals surface area contributed by atoms with Gasteiger partial charge < -0.3 is 16.0 Å². The van der Waals surface area contributed by atoms with Crippen molar-refractivity contribution in [2.45, 2.75) is 69.9 Å². The van der Waals surface area contributed by atoms with E-state index in [1.807, 2.05) is 0 Å². The molecule has 3 rings (SSSR count). The van der Waals surface area contributed by atoms with Gasteiger partial charge in [0.15, 0.2) is 0 Å². The summed E-state index contributed by atoms with van der Waals surface area (Å²) in [5.74, 6) is 1.56. The third-order valence-electron chi connectivity index (χ3n) is 5.79.